The molecule has 4 rings (SSSR count). The Labute approximate surface area is 206 Å². The van der Waals surface area contributed by atoms with Gasteiger partial charge in [-0.15, -0.1) is 13.2 Å². The number of carbonyl (C=O) groups is 1. The Hall–Kier alpha value is -3.96. The Morgan fingerprint density at radius 1 is 1.14 bits per heavy atom. The van der Waals surface area contributed by atoms with Crippen molar-refractivity contribution in [3.05, 3.63) is 48.9 Å². The van der Waals surface area contributed by atoms with Gasteiger partial charge in [0, 0.05) is 62.8 Å². The van der Waals surface area contributed by atoms with E-state index in [9.17, 15) is 18.0 Å². The maximum absolute atomic E-state index is 12.6. The Morgan fingerprint density at radius 2 is 1.94 bits per heavy atom. The van der Waals surface area contributed by atoms with Gasteiger partial charge in [-0.1, -0.05) is 0 Å². The SMILES string of the molecule is CC(=O)NCCC1CCN(c2cc(Nc3cc(OC(F)(F)F)ccn3)nc(-c3cccnc3)n2)CC1. The first kappa shape index (κ1) is 25.1. The molecule has 12 heteroatoms. The molecule has 0 saturated carbocycles. The van der Waals surface area contributed by atoms with Crippen LogP contribution in [0.15, 0.2) is 48.9 Å². The van der Waals surface area contributed by atoms with Crippen molar-refractivity contribution in [1.29, 1.82) is 0 Å². The Kier molecular flexibility index (Phi) is 7.81. The van der Waals surface area contributed by atoms with Crippen LogP contribution in [0, 0.1) is 5.92 Å². The molecule has 0 radical (unpaired) electrons. The number of aromatic nitrogens is 4. The lowest BCUT2D eigenvalue weighted by atomic mass is 9.93. The van der Waals surface area contributed by atoms with Crippen molar-refractivity contribution >= 4 is 23.4 Å². The fourth-order valence-electron chi connectivity index (χ4n) is 4.00. The van der Waals surface area contributed by atoms with E-state index < -0.39 is 6.36 Å². The van der Waals surface area contributed by atoms with Crippen LogP contribution in [0.25, 0.3) is 11.4 Å². The van der Waals surface area contributed by atoms with Gasteiger partial charge >= 0.3 is 6.36 Å². The molecule has 1 aliphatic rings. The van der Waals surface area contributed by atoms with E-state index in [1.54, 1.807) is 24.5 Å². The second kappa shape index (κ2) is 11.2. The molecule has 0 spiro atoms. The number of nitrogens with one attached hydrogen (secondary N) is 2. The molecule has 3 aromatic rings. The summed E-state index contributed by atoms with van der Waals surface area (Å²) in [7, 11) is 0. The highest BCUT2D eigenvalue weighted by Crippen LogP contribution is 2.29. The third-order valence-electron chi connectivity index (χ3n) is 5.72. The minimum absolute atomic E-state index is 0.0265. The largest absolute Gasteiger partial charge is 0.573 e. The van der Waals surface area contributed by atoms with E-state index in [4.69, 9.17) is 4.98 Å². The number of carbonyl (C=O) groups excluding carboxylic acids is 1. The smallest absolute Gasteiger partial charge is 0.406 e. The molecule has 1 saturated heterocycles. The molecule has 0 aliphatic carbocycles. The summed E-state index contributed by atoms with van der Waals surface area (Å²) in [5, 5.41) is 5.81. The van der Waals surface area contributed by atoms with E-state index in [1.807, 2.05) is 6.07 Å². The highest BCUT2D eigenvalue weighted by atomic mass is 19.4. The van der Waals surface area contributed by atoms with E-state index in [2.05, 4.69) is 35.2 Å². The molecule has 1 amide bonds. The second-order valence-corrected chi connectivity index (χ2v) is 8.43. The van der Waals surface area contributed by atoms with E-state index in [1.165, 1.54) is 13.1 Å². The number of pyridine rings is 2. The first-order valence-electron chi connectivity index (χ1n) is 11.5. The lowest BCUT2D eigenvalue weighted by Gasteiger charge is -2.33. The highest BCUT2D eigenvalue weighted by Gasteiger charge is 2.31. The molecule has 36 heavy (non-hydrogen) atoms. The third-order valence-corrected chi connectivity index (χ3v) is 5.72. The van der Waals surface area contributed by atoms with Crippen LogP contribution in [0.2, 0.25) is 0 Å². The zero-order chi connectivity index (χ0) is 25.5. The summed E-state index contributed by atoms with van der Waals surface area (Å²) in [6, 6.07) is 7.63. The van der Waals surface area contributed by atoms with Crippen LogP contribution in [-0.2, 0) is 4.79 Å². The first-order valence-corrected chi connectivity index (χ1v) is 11.5. The summed E-state index contributed by atoms with van der Waals surface area (Å²) in [5.74, 6) is 1.74. The molecule has 3 aromatic heterocycles. The number of piperidine rings is 1. The molecule has 0 unspecified atom stereocenters. The zero-order valence-corrected chi connectivity index (χ0v) is 19.6. The molecule has 1 fully saturated rings. The first-order chi connectivity index (χ1) is 17.2. The molecule has 0 bridgehead atoms. The monoisotopic (exact) mass is 501 g/mol. The number of hydrogen-bond donors (Lipinski definition) is 2. The van der Waals surface area contributed by atoms with E-state index in [0.717, 1.165) is 44.5 Å². The molecule has 2 N–H and O–H groups in total. The number of anilines is 3. The summed E-state index contributed by atoms with van der Waals surface area (Å²) >= 11 is 0. The Balaban J connectivity index is 1.53. The van der Waals surface area contributed by atoms with Crippen LogP contribution < -0.4 is 20.3 Å². The van der Waals surface area contributed by atoms with E-state index in [0.29, 0.717) is 35.5 Å². The third kappa shape index (κ3) is 7.27. The number of nitrogens with zero attached hydrogens (tertiary/aromatic N) is 5. The van der Waals surface area contributed by atoms with Gasteiger partial charge in [0.05, 0.1) is 0 Å². The molecular weight excluding hydrogens is 475 g/mol. The Bertz CT molecular complexity index is 1170. The number of amides is 1. The predicted octanol–water partition coefficient (Wildman–Crippen LogP) is 4.32. The van der Waals surface area contributed by atoms with Crippen LogP contribution in [0.3, 0.4) is 0 Å². The van der Waals surface area contributed by atoms with Crippen LogP contribution >= 0.6 is 0 Å². The lowest BCUT2D eigenvalue weighted by Crippen LogP contribution is -2.35. The average molecular weight is 502 g/mol. The maximum atomic E-state index is 12.6. The van der Waals surface area contributed by atoms with Crippen LogP contribution in [-0.4, -0.2) is 51.8 Å². The van der Waals surface area contributed by atoms with Gasteiger partial charge in [0.1, 0.15) is 23.2 Å². The molecule has 4 heterocycles. The molecule has 190 valence electrons. The summed E-state index contributed by atoms with van der Waals surface area (Å²) in [6.45, 7) is 3.73. The van der Waals surface area contributed by atoms with Gasteiger partial charge < -0.3 is 20.3 Å². The lowest BCUT2D eigenvalue weighted by molar-refractivity contribution is -0.274. The quantitative estimate of drug-likeness (QED) is 0.470. The number of hydrogen-bond acceptors (Lipinski definition) is 8. The number of alkyl halides is 3. The Morgan fingerprint density at radius 3 is 2.64 bits per heavy atom. The predicted molar refractivity (Wildman–Crippen MR) is 128 cm³/mol. The van der Waals surface area contributed by atoms with Gasteiger partial charge in [-0.2, -0.15) is 0 Å². The van der Waals surface area contributed by atoms with Crippen molar-refractivity contribution in [3.8, 4) is 17.1 Å². The summed E-state index contributed by atoms with van der Waals surface area (Å²) < 4.78 is 41.8. The summed E-state index contributed by atoms with van der Waals surface area (Å²) in [4.78, 5) is 30.7. The van der Waals surface area contributed by atoms with Gasteiger partial charge in [0.15, 0.2) is 5.82 Å². The van der Waals surface area contributed by atoms with Crippen molar-refractivity contribution < 1.29 is 22.7 Å². The summed E-state index contributed by atoms with van der Waals surface area (Å²) in [6.07, 6.45) is 2.54. The second-order valence-electron chi connectivity index (χ2n) is 8.43. The zero-order valence-electron chi connectivity index (χ0n) is 19.6. The fraction of sp³-hybridized carbons (Fsp3) is 0.375. The van der Waals surface area contributed by atoms with Crippen molar-refractivity contribution in [3.63, 3.8) is 0 Å². The maximum Gasteiger partial charge on any atom is 0.573 e. The van der Waals surface area contributed by atoms with Crippen molar-refractivity contribution in [2.24, 2.45) is 5.92 Å². The standard InChI is InChI=1S/C24H26F3N7O2/c1-16(35)29-9-4-17-6-11-34(12-7-17)22-14-21(32-23(33-22)18-3-2-8-28-15-18)31-20-13-19(5-10-30-20)36-24(25,26)27/h2-3,5,8,10,13-15,17H,4,6-7,9,11-12H2,1H3,(H,29,35)(H,30,31,32,33). The number of halogens is 3. The minimum atomic E-state index is -4.80. The van der Waals surface area contributed by atoms with Gasteiger partial charge in [0.2, 0.25) is 5.91 Å². The topological polar surface area (TPSA) is 105 Å². The molecule has 1 aliphatic heterocycles. The van der Waals surface area contributed by atoms with Crippen molar-refractivity contribution in [2.45, 2.75) is 32.5 Å². The average Bonchev–Trinajstić information content (AvgIpc) is 2.84. The highest BCUT2D eigenvalue weighted by molar-refractivity contribution is 5.72. The van der Waals surface area contributed by atoms with Crippen molar-refractivity contribution in [1.82, 2.24) is 25.3 Å². The van der Waals surface area contributed by atoms with Crippen molar-refractivity contribution in [2.75, 3.05) is 29.9 Å². The molecule has 0 atom stereocenters. The van der Waals surface area contributed by atoms with Crippen LogP contribution in [0.1, 0.15) is 26.2 Å². The van der Waals surface area contributed by atoms with Gasteiger partial charge in [-0.25, -0.2) is 15.0 Å². The van der Waals surface area contributed by atoms with E-state index in [-0.39, 0.29) is 17.5 Å². The van der Waals surface area contributed by atoms with Gasteiger partial charge in [-0.3, -0.25) is 9.78 Å². The number of rotatable bonds is 8. The fourth-order valence-corrected chi connectivity index (χ4v) is 4.00. The normalized spacial score (nSPS) is 14.4. The molecule has 0 aromatic carbocycles. The van der Waals surface area contributed by atoms with Crippen LogP contribution in [0.5, 0.6) is 5.75 Å². The van der Waals surface area contributed by atoms with Gasteiger partial charge in [-0.05, 0) is 43.4 Å². The molecular formula is C24H26F3N7O2. The van der Waals surface area contributed by atoms with Gasteiger partial charge in [0.25, 0.3) is 0 Å². The minimum Gasteiger partial charge on any atom is -0.406 e. The van der Waals surface area contributed by atoms with Crippen LogP contribution in [0.4, 0.5) is 30.6 Å². The summed E-state index contributed by atoms with van der Waals surface area (Å²) in [5.41, 5.74) is 0.703. The molecule has 9 nitrogen and oxygen atoms in total. The number of ether oxygens (including phenoxy) is 1. The van der Waals surface area contributed by atoms with E-state index >= 15 is 0 Å².